The molecule has 0 aromatic heterocycles. The Bertz CT molecular complexity index is 955. The maximum absolute atomic E-state index is 13.3. The summed E-state index contributed by atoms with van der Waals surface area (Å²) in [5, 5.41) is 0. The van der Waals surface area contributed by atoms with Crippen molar-refractivity contribution in [3.8, 4) is 0 Å². The average Bonchev–Trinajstić information content (AvgIpc) is 3.09. The summed E-state index contributed by atoms with van der Waals surface area (Å²) in [6.07, 6.45) is -7.56. The molecule has 13 heteroatoms. The Morgan fingerprint density at radius 2 is 1.44 bits per heavy atom. The minimum Gasteiger partial charge on any atom is -0.459 e. The molecule has 200 valence electrons. The highest BCUT2D eigenvalue weighted by molar-refractivity contribution is 7.53. The molecule has 1 aliphatic heterocycles. The van der Waals surface area contributed by atoms with Crippen molar-refractivity contribution in [1.29, 1.82) is 0 Å². The maximum Gasteiger partial charge on any atom is 0.338 e. The van der Waals surface area contributed by atoms with Crippen LogP contribution < -0.4 is 0 Å². The van der Waals surface area contributed by atoms with Gasteiger partial charge in [0.2, 0.25) is 12.4 Å². The van der Waals surface area contributed by atoms with Crippen molar-refractivity contribution in [3.63, 3.8) is 0 Å². The molecule has 1 aromatic rings. The number of ether oxygens (including phenoxy) is 5. The van der Waals surface area contributed by atoms with Crippen LogP contribution in [0.5, 0.6) is 0 Å². The lowest BCUT2D eigenvalue weighted by atomic mass is 10.1. The molecule has 1 aromatic carbocycles. The summed E-state index contributed by atoms with van der Waals surface area (Å²) in [4.78, 5) is 48.4. The Morgan fingerprint density at radius 3 is 1.94 bits per heavy atom. The molecule has 36 heavy (non-hydrogen) atoms. The molecule has 0 radical (unpaired) electrons. The van der Waals surface area contributed by atoms with E-state index in [-0.39, 0.29) is 18.8 Å². The van der Waals surface area contributed by atoms with E-state index in [0.29, 0.717) is 0 Å². The summed E-state index contributed by atoms with van der Waals surface area (Å²) >= 11 is 0. The Hall–Kier alpha value is -2.79. The van der Waals surface area contributed by atoms with Gasteiger partial charge in [0.15, 0.2) is 6.10 Å². The van der Waals surface area contributed by atoms with Gasteiger partial charge in [-0.05, 0) is 26.0 Å². The van der Waals surface area contributed by atoms with Gasteiger partial charge in [0.05, 0.1) is 24.9 Å². The monoisotopic (exact) mass is 530 g/mol. The lowest BCUT2D eigenvalue weighted by molar-refractivity contribution is -0.200. The minimum absolute atomic E-state index is 0.0359. The molecule has 12 nitrogen and oxygen atoms in total. The smallest absolute Gasteiger partial charge is 0.338 e. The first-order valence-corrected chi connectivity index (χ1v) is 13.0. The van der Waals surface area contributed by atoms with Gasteiger partial charge >= 0.3 is 31.5 Å². The number of carbonyl (C=O) groups excluding carboxylic acids is 4. The van der Waals surface area contributed by atoms with E-state index in [1.807, 2.05) is 0 Å². The number of hydrogen-bond acceptors (Lipinski definition) is 12. The van der Waals surface area contributed by atoms with Gasteiger partial charge in [0, 0.05) is 20.8 Å². The van der Waals surface area contributed by atoms with Crippen molar-refractivity contribution in [3.05, 3.63) is 35.9 Å². The van der Waals surface area contributed by atoms with Crippen molar-refractivity contribution in [2.45, 2.75) is 65.3 Å². The second-order valence-electron chi connectivity index (χ2n) is 7.67. The van der Waals surface area contributed by atoms with Gasteiger partial charge in [-0.2, -0.15) is 0 Å². The van der Waals surface area contributed by atoms with Crippen LogP contribution in [0.3, 0.4) is 0 Å². The van der Waals surface area contributed by atoms with Crippen LogP contribution in [0.2, 0.25) is 0 Å². The largest absolute Gasteiger partial charge is 0.459 e. The van der Waals surface area contributed by atoms with Crippen molar-refractivity contribution in [1.82, 2.24) is 0 Å². The highest BCUT2D eigenvalue weighted by atomic mass is 31.2. The van der Waals surface area contributed by atoms with Crippen LogP contribution in [0.1, 0.15) is 45.0 Å². The van der Waals surface area contributed by atoms with Crippen molar-refractivity contribution < 1.29 is 56.5 Å². The predicted molar refractivity (Wildman–Crippen MR) is 123 cm³/mol. The molecule has 0 bridgehead atoms. The summed E-state index contributed by atoms with van der Waals surface area (Å²) in [7, 11) is -3.81. The van der Waals surface area contributed by atoms with Crippen molar-refractivity contribution >= 4 is 31.5 Å². The number of carbonyl (C=O) groups is 4. The molecule has 0 spiro atoms. The van der Waals surface area contributed by atoms with Crippen LogP contribution in [0.25, 0.3) is 0 Å². The van der Waals surface area contributed by atoms with Crippen molar-refractivity contribution in [2.75, 3.05) is 19.4 Å². The molecule has 1 aliphatic rings. The molecule has 5 atom stereocenters. The fourth-order valence-corrected chi connectivity index (χ4v) is 5.40. The third kappa shape index (κ3) is 8.41. The Morgan fingerprint density at radius 1 is 0.861 bits per heavy atom. The van der Waals surface area contributed by atoms with Crippen LogP contribution in [0, 0.1) is 0 Å². The van der Waals surface area contributed by atoms with Crippen LogP contribution in [-0.4, -0.2) is 74.0 Å². The first-order chi connectivity index (χ1) is 17.0. The average molecular weight is 530 g/mol. The van der Waals surface area contributed by atoms with Gasteiger partial charge in [0.25, 0.3) is 0 Å². The van der Waals surface area contributed by atoms with E-state index in [9.17, 15) is 23.7 Å². The zero-order valence-corrected chi connectivity index (χ0v) is 21.6. The normalized spacial score (nSPS) is 22.4. The topological polar surface area (TPSA) is 150 Å². The van der Waals surface area contributed by atoms with Gasteiger partial charge in [-0.1, -0.05) is 18.2 Å². The number of esters is 4. The second kappa shape index (κ2) is 13.5. The van der Waals surface area contributed by atoms with E-state index in [2.05, 4.69) is 0 Å². The van der Waals surface area contributed by atoms with E-state index < -0.39 is 68.3 Å². The van der Waals surface area contributed by atoms with E-state index in [1.54, 1.807) is 32.0 Å². The summed E-state index contributed by atoms with van der Waals surface area (Å²) in [6.45, 7) is 6.62. The second-order valence-corrected chi connectivity index (χ2v) is 9.77. The molecule has 1 fully saturated rings. The SMILES string of the molecule is CCOP(=O)(C[C@@H](OC(C)=O)[C@H]1OC(OC(C)=O)[C@H](OC(C)=O)[C@@H]1OC(=O)c1ccccc1)OCC. The van der Waals surface area contributed by atoms with Crippen molar-refractivity contribution in [2.24, 2.45) is 0 Å². The molecule has 0 amide bonds. The third-order valence-electron chi connectivity index (χ3n) is 4.78. The Balaban J connectivity index is 2.51. The summed E-state index contributed by atoms with van der Waals surface area (Å²) in [5.41, 5.74) is 0.173. The molecule has 0 aliphatic carbocycles. The molecule has 0 N–H and O–H groups in total. The van der Waals surface area contributed by atoms with Crippen LogP contribution >= 0.6 is 7.60 Å². The van der Waals surface area contributed by atoms with Gasteiger partial charge in [-0.25, -0.2) is 4.79 Å². The van der Waals surface area contributed by atoms with E-state index >= 15 is 0 Å². The zero-order valence-electron chi connectivity index (χ0n) is 20.7. The lowest BCUT2D eigenvalue weighted by Gasteiger charge is -2.29. The molecule has 1 unspecified atom stereocenters. The molecule has 1 heterocycles. The number of rotatable bonds is 12. The van der Waals surface area contributed by atoms with Crippen LogP contribution in [0.4, 0.5) is 0 Å². The van der Waals surface area contributed by atoms with E-state index in [0.717, 1.165) is 20.8 Å². The van der Waals surface area contributed by atoms with E-state index in [1.165, 1.54) is 12.1 Å². The lowest BCUT2D eigenvalue weighted by Crippen LogP contribution is -2.46. The molecule has 2 rings (SSSR count). The summed E-state index contributed by atoms with van der Waals surface area (Å²) in [6, 6.07) is 7.93. The third-order valence-corrected chi connectivity index (χ3v) is 6.89. The summed E-state index contributed by atoms with van der Waals surface area (Å²) in [5.74, 6) is -3.13. The standard InChI is InChI=1S/C23H31O12P/c1-6-29-36(28,30-7-2)13-18(31-14(3)24)19-20(34-22(27)17-11-9-8-10-12-17)21(32-15(4)25)23(35-19)33-16(5)26/h8-12,18-21,23H,6-7,13H2,1-5H3/t18-,19-,20-,21-,23?/m1/s1. The van der Waals surface area contributed by atoms with Crippen LogP contribution in [0.15, 0.2) is 30.3 Å². The van der Waals surface area contributed by atoms with Gasteiger partial charge in [-0.3, -0.25) is 18.9 Å². The minimum atomic E-state index is -3.81. The highest BCUT2D eigenvalue weighted by Crippen LogP contribution is 2.50. The molecular weight excluding hydrogens is 499 g/mol. The van der Waals surface area contributed by atoms with Gasteiger partial charge in [-0.15, -0.1) is 0 Å². The maximum atomic E-state index is 13.3. The zero-order chi connectivity index (χ0) is 26.9. The fraction of sp³-hybridized carbons (Fsp3) is 0.565. The quantitative estimate of drug-likeness (QED) is 0.222. The first-order valence-electron chi connectivity index (χ1n) is 11.3. The van der Waals surface area contributed by atoms with Gasteiger partial charge in [0.1, 0.15) is 12.2 Å². The number of hydrogen-bond donors (Lipinski definition) is 0. The molecule has 0 saturated carbocycles. The first kappa shape index (κ1) is 29.4. The Labute approximate surface area is 209 Å². The highest BCUT2D eigenvalue weighted by Gasteiger charge is 2.56. The predicted octanol–water partition coefficient (Wildman–Crippen LogP) is 2.63. The number of benzene rings is 1. The fourth-order valence-electron chi connectivity index (χ4n) is 3.60. The molecule has 1 saturated heterocycles. The Kier molecular flexibility index (Phi) is 11.0. The van der Waals surface area contributed by atoms with E-state index in [4.69, 9.17) is 32.7 Å². The van der Waals surface area contributed by atoms with Gasteiger partial charge < -0.3 is 32.7 Å². The van der Waals surface area contributed by atoms with Crippen LogP contribution in [-0.2, 0) is 51.7 Å². The molecular formula is C23H31O12P. The summed E-state index contributed by atoms with van der Waals surface area (Å²) < 4.78 is 51.2.